The number of methoxy groups -OCH3 is 2. The molecule has 37 heavy (non-hydrogen) atoms. The first-order valence-corrected chi connectivity index (χ1v) is 12.1. The number of benzene rings is 4. The van der Waals surface area contributed by atoms with Crippen LogP contribution in [0.3, 0.4) is 0 Å². The summed E-state index contributed by atoms with van der Waals surface area (Å²) in [6.45, 7) is 0. The molecule has 0 aromatic heterocycles. The summed E-state index contributed by atoms with van der Waals surface area (Å²) in [5, 5.41) is 14.1. The van der Waals surface area contributed by atoms with Crippen molar-refractivity contribution in [3.05, 3.63) is 106 Å². The number of rotatable bonds is 5. The Bertz CT molecular complexity index is 1570. The number of aliphatic hydroxyl groups is 1. The number of aliphatic hydroxyl groups excluding tert-OH is 1. The maximum absolute atomic E-state index is 13.6. The van der Waals surface area contributed by atoms with Gasteiger partial charge in [-0.15, -0.1) is 0 Å². The lowest BCUT2D eigenvalue weighted by atomic mass is 9.91. The fourth-order valence-electron chi connectivity index (χ4n) is 4.67. The van der Waals surface area contributed by atoms with Crippen molar-refractivity contribution in [1.29, 1.82) is 0 Å². The minimum absolute atomic E-state index is 0.0872. The quantitative estimate of drug-likeness (QED) is 0.173. The van der Waals surface area contributed by atoms with E-state index in [1.54, 1.807) is 24.3 Å². The topological polar surface area (TPSA) is 76.1 Å². The van der Waals surface area contributed by atoms with Crippen molar-refractivity contribution in [1.82, 2.24) is 0 Å². The van der Waals surface area contributed by atoms with Crippen LogP contribution in [-0.4, -0.2) is 31.0 Å². The van der Waals surface area contributed by atoms with E-state index in [0.717, 1.165) is 10.8 Å². The number of hydrogen-bond donors (Lipinski definition) is 1. The predicted octanol–water partition coefficient (Wildman–Crippen LogP) is 6.79. The highest BCUT2D eigenvalue weighted by Crippen LogP contribution is 2.46. The fraction of sp³-hybridized carbons (Fsp3) is 0.103. The van der Waals surface area contributed by atoms with E-state index in [-0.39, 0.29) is 21.9 Å². The summed E-state index contributed by atoms with van der Waals surface area (Å²) in [7, 11) is 2.88. The molecule has 5 rings (SSSR count). The number of carbonyl (C=O) groups excluding carboxylic acids is 2. The van der Waals surface area contributed by atoms with E-state index in [0.29, 0.717) is 22.0 Å². The van der Waals surface area contributed by atoms with Gasteiger partial charge in [-0.3, -0.25) is 14.5 Å². The van der Waals surface area contributed by atoms with Crippen LogP contribution in [0.25, 0.3) is 16.5 Å². The van der Waals surface area contributed by atoms with Crippen LogP contribution in [0.2, 0.25) is 10.0 Å². The second-order valence-corrected chi connectivity index (χ2v) is 9.24. The maximum atomic E-state index is 13.6. The Balaban J connectivity index is 1.82. The number of carbonyl (C=O) groups is 2. The largest absolute Gasteiger partial charge is 0.507 e. The Kier molecular flexibility index (Phi) is 6.54. The van der Waals surface area contributed by atoms with Gasteiger partial charge in [-0.2, -0.15) is 0 Å². The average Bonchev–Trinajstić information content (AvgIpc) is 3.18. The number of nitrogens with zero attached hydrogens (tertiary/aromatic N) is 1. The molecule has 0 saturated carbocycles. The molecule has 0 spiro atoms. The first kappa shape index (κ1) is 24.7. The molecule has 186 valence electrons. The van der Waals surface area contributed by atoms with Gasteiger partial charge in [0.05, 0.1) is 36.4 Å². The summed E-state index contributed by atoms with van der Waals surface area (Å²) < 4.78 is 10.7. The van der Waals surface area contributed by atoms with Crippen molar-refractivity contribution in [3.63, 3.8) is 0 Å². The van der Waals surface area contributed by atoms with Gasteiger partial charge in [0.2, 0.25) is 0 Å². The van der Waals surface area contributed by atoms with Crippen molar-refractivity contribution in [2.24, 2.45) is 0 Å². The van der Waals surface area contributed by atoms with Gasteiger partial charge in [0.25, 0.3) is 11.7 Å². The zero-order valence-electron chi connectivity index (χ0n) is 19.9. The maximum Gasteiger partial charge on any atom is 0.300 e. The predicted molar refractivity (Wildman–Crippen MR) is 145 cm³/mol. The third-order valence-corrected chi connectivity index (χ3v) is 6.94. The molecule has 1 aliphatic heterocycles. The molecule has 4 aromatic carbocycles. The Morgan fingerprint density at radius 3 is 2.24 bits per heavy atom. The molecular formula is C29H21Cl2NO5. The fourth-order valence-corrected chi connectivity index (χ4v) is 5.04. The van der Waals surface area contributed by atoms with Gasteiger partial charge in [0.1, 0.15) is 17.3 Å². The third-order valence-electron chi connectivity index (χ3n) is 6.40. The van der Waals surface area contributed by atoms with E-state index in [1.165, 1.54) is 31.3 Å². The van der Waals surface area contributed by atoms with Gasteiger partial charge in [-0.1, -0.05) is 65.7 Å². The summed E-state index contributed by atoms with van der Waals surface area (Å²) in [6, 6.07) is 21.9. The number of fused-ring (bicyclic) bond motifs is 1. The minimum atomic E-state index is -0.933. The monoisotopic (exact) mass is 533 g/mol. The van der Waals surface area contributed by atoms with Crippen LogP contribution in [0.1, 0.15) is 17.2 Å². The molecule has 6 nitrogen and oxygen atoms in total. The SMILES string of the molecule is COc1cc(OC)c(/C(O)=C2\C(=O)C(=O)N(c3ccc(Cl)cc3)C2c2cccc3ccccc23)cc1Cl. The molecule has 0 bridgehead atoms. The number of hydrogen-bond acceptors (Lipinski definition) is 5. The summed E-state index contributed by atoms with van der Waals surface area (Å²) in [6.07, 6.45) is 0. The van der Waals surface area contributed by atoms with Gasteiger partial charge in [-0.25, -0.2) is 0 Å². The molecule has 1 atom stereocenters. The number of ether oxygens (including phenoxy) is 2. The number of Topliss-reactive ketones (excluding diaryl/α,β-unsaturated/α-hetero) is 1. The molecule has 1 heterocycles. The zero-order chi connectivity index (χ0) is 26.3. The first-order chi connectivity index (χ1) is 17.8. The van der Waals surface area contributed by atoms with Gasteiger partial charge in [0, 0.05) is 16.8 Å². The van der Waals surface area contributed by atoms with Crippen LogP contribution in [0.15, 0.2) is 84.4 Å². The number of amides is 1. The normalized spacial score (nSPS) is 16.9. The molecular weight excluding hydrogens is 513 g/mol. The number of ketones is 1. The van der Waals surface area contributed by atoms with Gasteiger partial charge >= 0.3 is 0 Å². The average molecular weight is 534 g/mol. The number of anilines is 1. The number of halogens is 2. The summed E-state index contributed by atoms with van der Waals surface area (Å²) in [5.74, 6) is -1.45. The van der Waals surface area contributed by atoms with Crippen molar-refractivity contribution < 1.29 is 24.2 Å². The smallest absolute Gasteiger partial charge is 0.300 e. The Morgan fingerprint density at radius 2 is 1.54 bits per heavy atom. The highest BCUT2D eigenvalue weighted by atomic mass is 35.5. The van der Waals surface area contributed by atoms with Gasteiger partial charge < -0.3 is 14.6 Å². The van der Waals surface area contributed by atoms with Gasteiger partial charge in [-0.05, 0) is 46.7 Å². The van der Waals surface area contributed by atoms with Crippen LogP contribution < -0.4 is 14.4 Å². The Morgan fingerprint density at radius 1 is 0.865 bits per heavy atom. The molecule has 1 fully saturated rings. The van der Waals surface area contributed by atoms with E-state index >= 15 is 0 Å². The molecule has 1 unspecified atom stereocenters. The van der Waals surface area contributed by atoms with E-state index < -0.39 is 23.5 Å². The molecule has 1 saturated heterocycles. The lowest BCUT2D eigenvalue weighted by Gasteiger charge is -2.26. The van der Waals surface area contributed by atoms with E-state index in [4.69, 9.17) is 32.7 Å². The van der Waals surface area contributed by atoms with Crippen LogP contribution in [0, 0.1) is 0 Å². The molecule has 4 aromatic rings. The second-order valence-electron chi connectivity index (χ2n) is 8.40. The summed E-state index contributed by atoms with van der Waals surface area (Å²) >= 11 is 12.4. The second kappa shape index (κ2) is 9.81. The van der Waals surface area contributed by atoms with Crippen LogP contribution in [0.4, 0.5) is 5.69 Å². The Hall–Kier alpha value is -4.00. The molecule has 1 aliphatic rings. The van der Waals surface area contributed by atoms with Gasteiger partial charge in [0.15, 0.2) is 0 Å². The van der Waals surface area contributed by atoms with Crippen LogP contribution in [-0.2, 0) is 9.59 Å². The molecule has 8 heteroatoms. The Labute approximate surface area is 223 Å². The molecule has 1 N–H and O–H groups in total. The standard InChI is InChI=1S/C29H21Cl2NO5/c1-36-23-15-24(37-2)22(31)14-21(23)27(33)25-26(20-9-5-7-16-6-3-4-8-19(16)20)32(29(35)28(25)34)18-12-10-17(30)11-13-18/h3-15,26,33H,1-2H3/b27-25+. The highest BCUT2D eigenvalue weighted by Gasteiger charge is 2.47. The minimum Gasteiger partial charge on any atom is -0.507 e. The van der Waals surface area contributed by atoms with Crippen molar-refractivity contribution in [2.75, 3.05) is 19.1 Å². The van der Waals surface area contributed by atoms with Crippen LogP contribution in [0.5, 0.6) is 11.5 Å². The van der Waals surface area contributed by atoms with Crippen LogP contribution >= 0.6 is 23.2 Å². The van der Waals surface area contributed by atoms with E-state index in [2.05, 4.69) is 0 Å². The zero-order valence-corrected chi connectivity index (χ0v) is 21.4. The van der Waals surface area contributed by atoms with Crippen molar-refractivity contribution in [3.8, 4) is 11.5 Å². The lowest BCUT2D eigenvalue weighted by Crippen LogP contribution is -2.29. The summed E-state index contributed by atoms with van der Waals surface area (Å²) in [5.41, 5.74) is 1.21. The summed E-state index contributed by atoms with van der Waals surface area (Å²) in [4.78, 5) is 28.4. The van der Waals surface area contributed by atoms with E-state index in [1.807, 2.05) is 42.5 Å². The highest BCUT2D eigenvalue weighted by molar-refractivity contribution is 6.52. The lowest BCUT2D eigenvalue weighted by molar-refractivity contribution is -0.132. The molecule has 1 amide bonds. The molecule has 0 aliphatic carbocycles. The van der Waals surface area contributed by atoms with Crippen molar-refractivity contribution in [2.45, 2.75) is 6.04 Å². The third kappa shape index (κ3) is 4.18. The van der Waals surface area contributed by atoms with Crippen molar-refractivity contribution >= 4 is 57.1 Å². The molecule has 0 radical (unpaired) electrons. The van der Waals surface area contributed by atoms with E-state index in [9.17, 15) is 14.7 Å². The first-order valence-electron chi connectivity index (χ1n) is 11.3.